The second kappa shape index (κ2) is 7.29. The van der Waals surface area contributed by atoms with Crippen LogP contribution in [0.3, 0.4) is 0 Å². The van der Waals surface area contributed by atoms with Gasteiger partial charge in [0, 0.05) is 25.2 Å². The quantitative estimate of drug-likeness (QED) is 0.845. The molecule has 1 saturated heterocycles. The number of aliphatic carboxylic acids is 1. The Labute approximate surface area is 155 Å². The molecule has 1 atom stereocenters. The minimum absolute atomic E-state index is 0.120. The Morgan fingerprint density at radius 1 is 1.23 bits per heavy atom. The van der Waals surface area contributed by atoms with Crippen molar-refractivity contribution in [2.75, 3.05) is 13.1 Å². The van der Waals surface area contributed by atoms with Gasteiger partial charge in [0.1, 0.15) is 0 Å². The van der Waals surface area contributed by atoms with E-state index in [0.717, 1.165) is 5.56 Å². The molecule has 1 aliphatic heterocycles. The molecule has 2 amide bonds. The van der Waals surface area contributed by atoms with Crippen LogP contribution >= 0.6 is 11.3 Å². The fourth-order valence-corrected chi connectivity index (χ4v) is 3.57. The number of nitrogens with one attached hydrogen (secondary N) is 1. The van der Waals surface area contributed by atoms with Gasteiger partial charge in [0.2, 0.25) is 0 Å². The molecule has 0 bridgehead atoms. The van der Waals surface area contributed by atoms with E-state index in [4.69, 9.17) is 0 Å². The van der Waals surface area contributed by atoms with Gasteiger partial charge in [0.05, 0.1) is 10.3 Å². The maximum Gasteiger partial charge on any atom is 0.311 e. The molecule has 0 spiro atoms. The van der Waals surface area contributed by atoms with Crippen LogP contribution in [0.25, 0.3) is 0 Å². The summed E-state index contributed by atoms with van der Waals surface area (Å²) in [4.78, 5) is 38.0. The number of carboxylic acids is 1. The molecule has 136 valence electrons. The maximum absolute atomic E-state index is 12.6. The number of hydrogen-bond acceptors (Lipinski definition) is 4. The third-order valence-electron chi connectivity index (χ3n) is 4.68. The van der Waals surface area contributed by atoms with Gasteiger partial charge >= 0.3 is 5.97 Å². The fraction of sp³-hybridized carbons (Fsp3) is 0.316. The van der Waals surface area contributed by atoms with Crippen LogP contribution in [0.5, 0.6) is 0 Å². The number of benzene rings is 1. The average Bonchev–Trinajstić information content (AvgIpc) is 3.30. The van der Waals surface area contributed by atoms with Crippen molar-refractivity contribution in [3.8, 4) is 0 Å². The normalized spacial score (nSPS) is 19.3. The molecule has 2 aromatic rings. The molecular formula is C19H20N2O4S. The number of likely N-dealkylation sites (tertiary alicyclic amines) is 1. The summed E-state index contributed by atoms with van der Waals surface area (Å²) in [5.74, 6) is -1.15. The lowest BCUT2D eigenvalue weighted by Crippen LogP contribution is -2.34. The first kappa shape index (κ1) is 18.1. The van der Waals surface area contributed by atoms with E-state index in [1.165, 1.54) is 11.3 Å². The Hall–Kier alpha value is -2.67. The zero-order valence-corrected chi connectivity index (χ0v) is 15.2. The molecule has 2 heterocycles. The topological polar surface area (TPSA) is 86.7 Å². The Kier molecular flexibility index (Phi) is 5.08. The second-order valence-electron chi connectivity index (χ2n) is 6.70. The van der Waals surface area contributed by atoms with E-state index < -0.39 is 11.4 Å². The Morgan fingerprint density at radius 2 is 1.96 bits per heavy atom. The van der Waals surface area contributed by atoms with E-state index in [1.54, 1.807) is 42.2 Å². The number of hydrogen-bond donors (Lipinski definition) is 2. The van der Waals surface area contributed by atoms with Crippen LogP contribution in [0.4, 0.5) is 0 Å². The SMILES string of the molecule is CC1(C(=O)O)CCN(C(=O)c2ccc(CNC(=O)c3cccs3)cc2)C1. The first-order valence-corrected chi connectivity index (χ1v) is 9.20. The first-order chi connectivity index (χ1) is 12.4. The van der Waals surface area contributed by atoms with Gasteiger partial charge in [-0.1, -0.05) is 18.2 Å². The number of carboxylic acid groups (broad SMARTS) is 1. The summed E-state index contributed by atoms with van der Waals surface area (Å²) in [5.41, 5.74) is 0.540. The van der Waals surface area contributed by atoms with Crippen molar-refractivity contribution >= 4 is 29.1 Å². The van der Waals surface area contributed by atoms with Crippen LogP contribution in [-0.4, -0.2) is 40.9 Å². The Morgan fingerprint density at radius 3 is 2.54 bits per heavy atom. The van der Waals surface area contributed by atoms with Gasteiger partial charge in [0.15, 0.2) is 0 Å². The minimum atomic E-state index is -0.873. The number of amides is 2. The molecule has 0 radical (unpaired) electrons. The number of rotatable bonds is 5. The third-order valence-corrected chi connectivity index (χ3v) is 5.54. The summed E-state index contributed by atoms with van der Waals surface area (Å²) in [6.07, 6.45) is 0.459. The summed E-state index contributed by atoms with van der Waals surface area (Å²) in [6.45, 7) is 2.72. The van der Waals surface area contributed by atoms with Crippen molar-refractivity contribution < 1.29 is 19.5 Å². The molecule has 26 heavy (non-hydrogen) atoms. The summed E-state index contributed by atoms with van der Waals surface area (Å²) in [6, 6.07) is 10.6. The molecule has 1 aliphatic rings. The van der Waals surface area contributed by atoms with E-state index in [1.807, 2.05) is 11.4 Å². The molecule has 1 aromatic carbocycles. The highest BCUT2D eigenvalue weighted by molar-refractivity contribution is 7.12. The van der Waals surface area contributed by atoms with Crippen LogP contribution in [0.15, 0.2) is 41.8 Å². The van der Waals surface area contributed by atoms with Crippen molar-refractivity contribution in [3.05, 3.63) is 57.8 Å². The zero-order valence-electron chi connectivity index (χ0n) is 14.4. The standard InChI is InChI=1S/C19H20N2O4S/c1-19(18(24)25)8-9-21(12-19)17(23)14-6-4-13(5-7-14)11-20-16(22)15-3-2-10-26-15/h2-7,10H,8-9,11-12H2,1H3,(H,20,22)(H,24,25). The van der Waals surface area contributed by atoms with Gasteiger partial charge in [0.25, 0.3) is 11.8 Å². The Bertz CT molecular complexity index is 817. The largest absolute Gasteiger partial charge is 0.481 e. The Balaban J connectivity index is 1.58. The highest BCUT2D eigenvalue weighted by atomic mass is 32.1. The molecule has 1 fully saturated rings. The molecule has 3 rings (SSSR count). The molecule has 0 saturated carbocycles. The van der Waals surface area contributed by atoms with Gasteiger partial charge in [-0.2, -0.15) is 0 Å². The molecule has 2 N–H and O–H groups in total. The number of carbonyl (C=O) groups excluding carboxylic acids is 2. The van der Waals surface area contributed by atoms with Crippen molar-refractivity contribution in [1.29, 1.82) is 0 Å². The highest BCUT2D eigenvalue weighted by Gasteiger charge is 2.42. The predicted octanol–water partition coefficient (Wildman–Crippen LogP) is 2.61. The van der Waals surface area contributed by atoms with Crippen LogP contribution in [0, 0.1) is 5.41 Å². The summed E-state index contributed by atoms with van der Waals surface area (Å²) in [5, 5.41) is 14.0. The van der Waals surface area contributed by atoms with E-state index in [0.29, 0.717) is 30.0 Å². The molecular weight excluding hydrogens is 352 g/mol. The predicted molar refractivity (Wildman–Crippen MR) is 98.2 cm³/mol. The van der Waals surface area contributed by atoms with Crippen molar-refractivity contribution in [3.63, 3.8) is 0 Å². The van der Waals surface area contributed by atoms with Crippen LogP contribution in [0.2, 0.25) is 0 Å². The van der Waals surface area contributed by atoms with Gasteiger partial charge < -0.3 is 15.3 Å². The zero-order chi connectivity index (χ0) is 18.7. The minimum Gasteiger partial charge on any atom is -0.481 e. The van der Waals surface area contributed by atoms with Crippen molar-refractivity contribution in [1.82, 2.24) is 10.2 Å². The molecule has 0 aliphatic carbocycles. The number of nitrogens with zero attached hydrogens (tertiary/aromatic N) is 1. The van der Waals surface area contributed by atoms with Crippen LogP contribution in [-0.2, 0) is 11.3 Å². The number of thiophene rings is 1. The first-order valence-electron chi connectivity index (χ1n) is 8.32. The lowest BCUT2D eigenvalue weighted by molar-refractivity contribution is -0.147. The van der Waals surface area contributed by atoms with Gasteiger partial charge in [-0.15, -0.1) is 11.3 Å². The lowest BCUT2D eigenvalue weighted by atomic mass is 9.90. The van der Waals surface area contributed by atoms with E-state index in [9.17, 15) is 19.5 Å². The monoisotopic (exact) mass is 372 g/mol. The lowest BCUT2D eigenvalue weighted by Gasteiger charge is -2.20. The average molecular weight is 372 g/mol. The van der Waals surface area contributed by atoms with Crippen molar-refractivity contribution in [2.45, 2.75) is 19.9 Å². The fourth-order valence-electron chi connectivity index (χ4n) is 2.93. The van der Waals surface area contributed by atoms with E-state index >= 15 is 0 Å². The molecule has 1 aromatic heterocycles. The van der Waals surface area contributed by atoms with E-state index in [2.05, 4.69) is 5.32 Å². The van der Waals surface area contributed by atoms with E-state index in [-0.39, 0.29) is 18.4 Å². The highest BCUT2D eigenvalue weighted by Crippen LogP contribution is 2.31. The summed E-state index contributed by atoms with van der Waals surface area (Å²) in [7, 11) is 0. The third kappa shape index (κ3) is 3.77. The second-order valence-corrected chi connectivity index (χ2v) is 7.65. The summed E-state index contributed by atoms with van der Waals surface area (Å²) >= 11 is 1.38. The van der Waals surface area contributed by atoms with Gasteiger partial charge in [-0.05, 0) is 42.5 Å². The number of carbonyl (C=O) groups is 3. The smallest absolute Gasteiger partial charge is 0.311 e. The van der Waals surface area contributed by atoms with Gasteiger partial charge in [-0.3, -0.25) is 14.4 Å². The van der Waals surface area contributed by atoms with Crippen molar-refractivity contribution in [2.24, 2.45) is 5.41 Å². The van der Waals surface area contributed by atoms with Gasteiger partial charge in [-0.25, -0.2) is 0 Å². The van der Waals surface area contributed by atoms with Crippen LogP contribution in [0.1, 0.15) is 38.9 Å². The molecule has 1 unspecified atom stereocenters. The summed E-state index contributed by atoms with van der Waals surface area (Å²) < 4.78 is 0. The maximum atomic E-state index is 12.6. The van der Waals surface area contributed by atoms with Crippen LogP contribution < -0.4 is 5.32 Å². The molecule has 6 nitrogen and oxygen atoms in total. The molecule has 7 heteroatoms.